The molecule has 4 rings (SSSR count). The Morgan fingerprint density at radius 3 is 2.56 bits per heavy atom. The number of aliphatic hydroxyl groups excluding tert-OH is 1. The zero-order valence-electron chi connectivity index (χ0n) is 19.8. The summed E-state index contributed by atoms with van der Waals surface area (Å²) in [6.07, 6.45) is 1.59. The largest absolute Gasteiger partial charge is 0.503 e. The quantitative estimate of drug-likeness (QED) is 0.438. The summed E-state index contributed by atoms with van der Waals surface area (Å²) in [7, 11) is 3.93. The van der Waals surface area contributed by atoms with E-state index in [-0.39, 0.29) is 11.3 Å². The van der Waals surface area contributed by atoms with Crippen LogP contribution in [-0.4, -0.2) is 60.4 Å². The molecule has 0 saturated heterocycles. The Kier molecular flexibility index (Phi) is 7.03. The normalized spacial score (nSPS) is 16.2. The van der Waals surface area contributed by atoms with Crippen molar-refractivity contribution >= 4 is 22.7 Å². The van der Waals surface area contributed by atoms with Crippen molar-refractivity contribution in [3.63, 3.8) is 0 Å². The van der Waals surface area contributed by atoms with E-state index >= 15 is 0 Å². The molecule has 7 nitrogen and oxygen atoms in total. The average molecular weight is 463 g/mol. The topological polar surface area (TPSA) is 83.2 Å². The highest BCUT2D eigenvalue weighted by Crippen LogP contribution is 2.40. The van der Waals surface area contributed by atoms with Crippen LogP contribution in [0.1, 0.15) is 41.9 Å². The zero-order chi connectivity index (χ0) is 24.2. The smallest absolute Gasteiger partial charge is 0.290 e. The minimum Gasteiger partial charge on any atom is -0.503 e. The van der Waals surface area contributed by atoms with Gasteiger partial charge in [-0.15, -0.1) is 0 Å². The number of furan rings is 1. The van der Waals surface area contributed by atoms with Gasteiger partial charge in [-0.25, -0.2) is 0 Å². The van der Waals surface area contributed by atoms with Gasteiger partial charge in [-0.05, 0) is 63.3 Å². The van der Waals surface area contributed by atoms with E-state index in [0.29, 0.717) is 30.9 Å². The molecule has 7 heteroatoms. The molecular weight excluding hydrogens is 432 g/mol. The lowest BCUT2D eigenvalue weighted by Crippen LogP contribution is -2.33. The van der Waals surface area contributed by atoms with Crippen LogP contribution in [0, 0.1) is 0 Å². The monoisotopic (exact) mass is 462 g/mol. The molecule has 0 radical (unpaired) electrons. The van der Waals surface area contributed by atoms with Gasteiger partial charge in [0.1, 0.15) is 11.3 Å². The molecular formula is C27H30N2O5. The minimum atomic E-state index is -0.712. The van der Waals surface area contributed by atoms with Gasteiger partial charge in [0.25, 0.3) is 5.91 Å². The van der Waals surface area contributed by atoms with Crippen molar-refractivity contribution < 1.29 is 23.8 Å². The van der Waals surface area contributed by atoms with Gasteiger partial charge < -0.3 is 24.1 Å². The number of hydrogen-bond acceptors (Lipinski definition) is 6. The molecule has 1 aliphatic heterocycles. The van der Waals surface area contributed by atoms with Crippen LogP contribution in [0.3, 0.4) is 0 Å². The summed E-state index contributed by atoms with van der Waals surface area (Å²) >= 11 is 0. The zero-order valence-corrected chi connectivity index (χ0v) is 19.8. The number of Topliss-reactive ketones (excluding diaryl/α,β-unsaturated/α-hetero) is 1. The number of carbonyl (C=O) groups is 2. The first-order valence-electron chi connectivity index (χ1n) is 11.6. The van der Waals surface area contributed by atoms with Crippen LogP contribution in [0.15, 0.2) is 70.3 Å². The maximum Gasteiger partial charge on any atom is 0.290 e. The minimum absolute atomic E-state index is 0.0381. The van der Waals surface area contributed by atoms with Gasteiger partial charge in [0.2, 0.25) is 5.78 Å². The van der Waals surface area contributed by atoms with Crippen LogP contribution in [0.5, 0.6) is 5.75 Å². The number of amides is 1. The van der Waals surface area contributed by atoms with Crippen molar-refractivity contribution in [1.82, 2.24) is 9.80 Å². The molecule has 178 valence electrons. The van der Waals surface area contributed by atoms with Gasteiger partial charge in [-0.1, -0.05) is 37.3 Å². The number of aliphatic hydroxyl groups is 1. The number of carbonyl (C=O) groups excluding carboxylic acids is 2. The van der Waals surface area contributed by atoms with Gasteiger partial charge >= 0.3 is 0 Å². The Morgan fingerprint density at radius 2 is 1.88 bits per heavy atom. The highest BCUT2D eigenvalue weighted by molar-refractivity contribution is 6.16. The van der Waals surface area contributed by atoms with E-state index in [0.717, 1.165) is 23.9 Å². The van der Waals surface area contributed by atoms with E-state index in [1.807, 2.05) is 68.4 Å². The lowest BCUT2D eigenvalue weighted by atomic mass is 9.95. The molecule has 1 amide bonds. The highest BCUT2D eigenvalue weighted by atomic mass is 16.5. The first-order chi connectivity index (χ1) is 16.4. The van der Waals surface area contributed by atoms with Crippen LogP contribution >= 0.6 is 0 Å². The van der Waals surface area contributed by atoms with Crippen molar-refractivity contribution in [2.24, 2.45) is 0 Å². The third-order valence-corrected chi connectivity index (χ3v) is 5.87. The number of nitrogens with zero attached hydrogens (tertiary/aromatic N) is 2. The van der Waals surface area contributed by atoms with Gasteiger partial charge in [-0.2, -0.15) is 0 Å². The highest BCUT2D eigenvalue weighted by Gasteiger charge is 2.44. The maximum absolute atomic E-state index is 13.6. The van der Waals surface area contributed by atoms with Crippen molar-refractivity contribution in [3.05, 3.63) is 77.3 Å². The van der Waals surface area contributed by atoms with E-state index in [4.69, 9.17) is 9.15 Å². The van der Waals surface area contributed by atoms with Gasteiger partial charge in [0.05, 0.1) is 18.2 Å². The SMILES string of the molecule is CCCOc1ccc(C2C(C(=O)c3cc4ccccc4o3)=C(O)C(=O)N2CCCN(C)C)cc1. The molecule has 1 N–H and O–H groups in total. The Balaban J connectivity index is 1.70. The predicted octanol–water partition coefficient (Wildman–Crippen LogP) is 4.75. The molecule has 2 heterocycles. The Bertz CT molecular complexity index is 1180. The predicted molar refractivity (Wildman–Crippen MR) is 130 cm³/mol. The van der Waals surface area contributed by atoms with E-state index in [1.54, 1.807) is 17.0 Å². The molecule has 0 aliphatic carbocycles. The van der Waals surface area contributed by atoms with Crippen molar-refractivity contribution in [1.29, 1.82) is 0 Å². The first kappa shape index (κ1) is 23.6. The summed E-state index contributed by atoms with van der Waals surface area (Å²) in [5.74, 6) is -0.749. The lowest BCUT2D eigenvalue weighted by molar-refractivity contribution is -0.129. The molecule has 0 spiro atoms. The summed E-state index contributed by atoms with van der Waals surface area (Å²) in [4.78, 5) is 30.3. The second kappa shape index (κ2) is 10.1. The standard InChI is InChI=1S/C27H30N2O5/c1-4-16-33-20-12-10-18(11-13-20)24-23(26(31)27(32)29(24)15-7-14-28(2)3)25(30)22-17-19-8-5-6-9-21(19)34-22/h5-6,8-13,17,24,31H,4,7,14-16H2,1-3H3. The van der Waals surface area contributed by atoms with Gasteiger partial charge in [0, 0.05) is 11.9 Å². The summed E-state index contributed by atoms with van der Waals surface area (Å²) in [6.45, 7) is 3.81. The Hall–Kier alpha value is -3.58. The molecule has 2 aromatic carbocycles. The lowest BCUT2D eigenvalue weighted by Gasteiger charge is -2.27. The Labute approximate surface area is 199 Å². The molecule has 1 unspecified atom stereocenters. The average Bonchev–Trinajstić information content (AvgIpc) is 3.37. The Morgan fingerprint density at radius 1 is 1.15 bits per heavy atom. The number of ether oxygens (including phenoxy) is 1. The second-order valence-electron chi connectivity index (χ2n) is 8.72. The van der Waals surface area contributed by atoms with E-state index < -0.39 is 23.5 Å². The van der Waals surface area contributed by atoms with Crippen molar-refractivity contribution in [2.75, 3.05) is 33.8 Å². The van der Waals surface area contributed by atoms with Crippen LogP contribution < -0.4 is 4.74 Å². The molecule has 1 aliphatic rings. The maximum atomic E-state index is 13.6. The molecule has 1 aromatic heterocycles. The summed E-state index contributed by atoms with van der Waals surface area (Å²) < 4.78 is 11.5. The third kappa shape index (κ3) is 4.70. The second-order valence-corrected chi connectivity index (χ2v) is 8.72. The molecule has 1 atom stereocenters. The number of rotatable bonds is 10. The van der Waals surface area contributed by atoms with Gasteiger partial charge in [0.15, 0.2) is 11.5 Å². The fourth-order valence-electron chi connectivity index (χ4n) is 4.21. The van der Waals surface area contributed by atoms with Crippen LogP contribution in [-0.2, 0) is 4.79 Å². The number of para-hydroxylation sites is 1. The molecule has 3 aromatic rings. The molecule has 34 heavy (non-hydrogen) atoms. The fraction of sp³-hybridized carbons (Fsp3) is 0.333. The van der Waals surface area contributed by atoms with Crippen molar-refractivity contribution in [2.45, 2.75) is 25.8 Å². The van der Waals surface area contributed by atoms with E-state index in [2.05, 4.69) is 0 Å². The first-order valence-corrected chi connectivity index (χ1v) is 11.6. The van der Waals surface area contributed by atoms with Gasteiger partial charge in [-0.3, -0.25) is 9.59 Å². The fourth-order valence-corrected chi connectivity index (χ4v) is 4.21. The van der Waals surface area contributed by atoms with Crippen LogP contribution in [0.25, 0.3) is 11.0 Å². The summed E-state index contributed by atoms with van der Waals surface area (Å²) in [5.41, 5.74) is 1.34. The van der Waals surface area contributed by atoms with Crippen molar-refractivity contribution in [3.8, 4) is 5.75 Å². The number of ketones is 1. The molecule has 0 fully saturated rings. The van der Waals surface area contributed by atoms with Crippen LogP contribution in [0.2, 0.25) is 0 Å². The molecule has 0 saturated carbocycles. The summed E-state index contributed by atoms with van der Waals surface area (Å²) in [6, 6.07) is 15.6. The molecule has 0 bridgehead atoms. The summed E-state index contributed by atoms with van der Waals surface area (Å²) in [5, 5.41) is 11.6. The number of fused-ring (bicyclic) bond motifs is 1. The van der Waals surface area contributed by atoms with E-state index in [1.165, 1.54) is 0 Å². The van der Waals surface area contributed by atoms with Crippen LogP contribution in [0.4, 0.5) is 0 Å². The van der Waals surface area contributed by atoms with E-state index in [9.17, 15) is 14.7 Å². The third-order valence-electron chi connectivity index (χ3n) is 5.87. The number of benzene rings is 2. The number of hydrogen-bond donors (Lipinski definition) is 1.